The van der Waals surface area contributed by atoms with Crippen molar-refractivity contribution < 1.29 is 22.8 Å². The molecule has 0 aliphatic carbocycles. The van der Waals surface area contributed by atoms with E-state index >= 15 is 0 Å². The van der Waals surface area contributed by atoms with Crippen molar-refractivity contribution >= 4 is 33.4 Å². The summed E-state index contributed by atoms with van der Waals surface area (Å²) >= 11 is 0. The number of sulfonamides is 1. The summed E-state index contributed by atoms with van der Waals surface area (Å²) in [5.41, 5.74) is 6.05. The van der Waals surface area contributed by atoms with Crippen LogP contribution in [0.5, 0.6) is 0 Å². The molecule has 0 radical (unpaired) electrons. The van der Waals surface area contributed by atoms with Crippen LogP contribution >= 0.6 is 0 Å². The summed E-state index contributed by atoms with van der Waals surface area (Å²) < 4.78 is 26.0. The Morgan fingerprint density at radius 3 is 2.17 bits per heavy atom. The molecule has 9 nitrogen and oxygen atoms in total. The largest absolute Gasteiger partial charge is 0.326 e. The lowest BCUT2D eigenvalue weighted by molar-refractivity contribution is -0.121. The minimum atomic E-state index is -3.93. The number of hydrazine groups is 1. The minimum absolute atomic E-state index is 0.0363. The lowest BCUT2D eigenvalue weighted by Gasteiger charge is -2.17. The molecule has 0 atom stereocenters. The average Bonchev–Trinajstić information content (AvgIpc) is 2.66. The number of nitrogens with zero attached hydrogens (tertiary/aromatic N) is 1. The van der Waals surface area contributed by atoms with E-state index in [4.69, 9.17) is 0 Å². The number of likely N-dealkylation sites (N-methyl/N-ethyl adjacent to an activating group) is 1. The SMILES string of the molecule is CC(=O)Nc1ccc(S(=O)(=O)N(C)CC(=O)NNC(=O)c2ccccc2C)cc1. The Balaban J connectivity index is 1.96. The number of rotatable bonds is 6. The molecule has 0 aromatic heterocycles. The molecule has 0 spiro atoms. The third kappa shape index (κ3) is 5.87. The molecule has 0 fully saturated rings. The van der Waals surface area contributed by atoms with E-state index in [0.29, 0.717) is 11.3 Å². The second-order valence-electron chi connectivity index (χ2n) is 6.28. The molecule has 154 valence electrons. The van der Waals surface area contributed by atoms with Crippen LogP contribution in [0.1, 0.15) is 22.8 Å². The van der Waals surface area contributed by atoms with Gasteiger partial charge in [-0.3, -0.25) is 25.2 Å². The maximum absolute atomic E-state index is 12.6. The van der Waals surface area contributed by atoms with E-state index in [1.54, 1.807) is 31.2 Å². The highest BCUT2D eigenvalue weighted by molar-refractivity contribution is 7.89. The van der Waals surface area contributed by atoms with Gasteiger partial charge in [-0.05, 0) is 42.8 Å². The molecule has 0 saturated heterocycles. The molecule has 3 N–H and O–H groups in total. The Bertz CT molecular complexity index is 1020. The zero-order valence-corrected chi connectivity index (χ0v) is 17.0. The number of aryl methyl sites for hydroxylation is 1. The van der Waals surface area contributed by atoms with Crippen LogP contribution in [-0.2, 0) is 19.6 Å². The fourth-order valence-electron chi connectivity index (χ4n) is 2.44. The van der Waals surface area contributed by atoms with E-state index in [0.717, 1.165) is 9.87 Å². The highest BCUT2D eigenvalue weighted by atomic mass is 32.2. The highest BCUT2D eigenvalue weighted by Crippen LogP contribution is 2.17. The van der Waals surface area contributed by atoms with E-state index in [2.05, 4.69) is 16.2 Å². The van der Waals surface area contributed by atoms with Gasteiger partial charge in [-0.1, -0.05) is 18.2 Å². The van der Waals surface area contributed by atoms with Crippen molar-refractivity contribution in [1.82, 2.24) is 15.2 Å². The van der Waals surface area contributed by atoms with E-state index in [1.807, 2.05) is 0 Å². The zero-order chi connectivity index (χ0) is 21.6. The summed E-state index contributed by atoms with van der Waals surface area (Å²) in [6.45, 7) is 2.60. The molecule has 0 aliphatic rings. The van der Waals surface area contributed by atoms with Gasteiger partial charge in [0.05, 0.1) is 11.4 Å². The minimum Gasteiger partial charge on any atom is -0.326 e. The maximum atomic E-state index is 12.6. The van der Waals surface area contributed by atoms with Crippen LogP contribution in [0, 0.1) is 6.92 Å². The summed E-state index contributed by atoms with van der Waals surface area (Å²) in [6.07, 6.45) is 0. The standard InChI is InChI=1S/C19H22N4O5S/c1-13-6-4-5-7-17(13)19(26)22-21-18(25)12-23(3)29(27,28)16-10-8-15(9-11-16)20-14(2)24/h4-11H,12H2,1-3H3,(H,20,24)(H,21,25)(H,22,26). The molecular formula is C19H22N4O5S. The fourth-order valence-corrected chi connectivity index (χ4v) is 3.57. The number of hydrogen-bond acceptors (Lipinski definition) is 5. The first-order valence-electron chi connectivity index (χ1n) is 8.60. The maximum Gasteiger partial charge on any atom is 0.269 e. The third-order valence-electron chi connectivity index (χ3n) is 3.95. The molecule has 0 bridgehead atoms. The number of anilines is 1. The van der Waals surface area contributed by atoms with Crippen LogP contribution in [0.3, 0.4) is 0 Å². The van der Waals surface area contributed by atoms with E-state index < -0.39 is 28.4 Å². The Labute approximate surface area is 169 Å². The van der Waals surface area contributed by atoms with Gasteiger partial charge in [-0.2, -0.15) is 4.31 Å². The number of benzene rings is 2. The quantitative estimate of drug-likeness (QED) is 0.605. The van der Waals surface area contributed by atoms with Crippen LogP contribution in [0.25, 0.3) is 0 Å². The van der Waals surface area contributed by atoms with Crippen molar-refractivity contribution in [2.24, 2.45) is 0 Å². The molecule has 0 unspecified atom stereocenters. The monoisotopic (exact) mass is 418 g/mol. The van der Waals surface area contributed by atoms with Crippen LogP contribution in [0.15, 0.2) is 53.4 Å². The number of amides is 3. The molecule has 0 heterocycles. The summed E-state index contributed by atoms with van der Waals surface area (Å²) in [7, 11) is -2.68. The summed E-state index contributed by atoms with van der Waals surface area (Å²) in [5, 5.41) is 2.54. The van der Waals surface area contributed by atoms with Gasteiger partial charge in [0.25, 0.3) is 11.8 Å². The topological polar surface area (TPSA) is 125 Å². The van der Waals surface area contributed by atoms with Crippen molar-refractivity contribution in [2.45, 2.75) is 18.7 Å². The van der Waals surface area contributed by atoms with Crippen LogP contribution < -0.4 is 16.2 Å². The predicted molar refractivity (Wildman–Crippen MR) is 107 cm³/mol. The number of carbonyl (C=O) groups is 3. The highest BCUT2D eigenvalue weighted by Gasteiger charge is 2.23. The zero-order valence-electron chi connectivity index (χ0n) is 16.2. The molecule has 2 aromatic rings. The third-order valence-corrected chi connectivity index (χ3v) is 5.77. The number of hydrogen-bond donors (Lipinski definition) is 3. The fraction of sp³-hybridized carbons (Fsp3) is 0.211. The molecule has 3 amide bonds. The second-order valence-corrected chi connectivity index (χ2v) is 8.33. The molecule has 2 rings (SSSR count). The van der Waals surface area contributed by atoms with Gasteiger partial charge >= 0.3 is 0 Å². The van der Waals surface area contributed by atoms with Gasteiger partial charge in [0.15, 0.2) is 0 Å². The van der Waals surface area contributed by atoms with Crippen molar-refractivity contribution in [2.75, 3.05) is 18.9 Å². The molecule has 2 aromatic carbocycles. The van der Waals surface area contributed by atoms with Gasteiger partial charge in [-0.15, -0.1) is 0 Å². The Hall–Kier alpha value is -3.24. The first-order valence-corrected chi connectivity index (χ1v) is 10.0. The molecular weight excluding hydrogens is 396 g/mol. The summed E-state index contributed by atoms with van der Waals surface area (Å²) in [5.74, 6) is -1.48. The van der Waals surface area contributed by atoms with Crippen molar-refractivity contribution in [1.29, 1.82) is 0 Å². The molecule has 0 aliphatic heterocycles. The first kappa shape index (κ1) is 22.1. The lowest BCUT2D eigenvalue weighted by Crippen LogP contribution is -2.46. The second kappa shape index (κ2) is 9.30. The average molecular weight is 418 g/mol. The molecule has 29 heavy (non-hydrogen) atoms. The Kier molecular flexibility index (Phi) is 7.08. The number of nitrogens with one attached hydrogen (secondary N) is 3. The predicted octanol–water partition coefficient (Wildman–Crippen LogP) is 1.04. The van der Waals surface area contributed by atoms with Crippen molar-refractivity contribution in [3.63, 3.8) is 0 Å². The van der Waals surface area contributed by atoms with E-state index in [1.165, 1.54) is 38.2 Å². The summed E-state index contributed by atoms with van der Waals surface area (Å²) in [4.78, 5) is 35.1. The summed E-state index contributed by atoms with van der Waals surface area (Å²) in [6, 6.07) is 12.4. The first-order chi connectivity index (χ1) is 13.6. The van der Waals surface area contributed by atoms with Crippen LogP contribution in [0.4, 0.5) is 5.69 Å². The lowest BCUT2D eigenvalue weighted by atomic mass is 10.1. The Morgan fingerprint density at radius 2 is 1.59 bits per heavy atom. The van der Waals surface area contributed by atoms with Gasteiger partial charge in [0.1, 0.15) is 0 Å². The molecule has 0 saturated carbocycles. The van der Waals surface area contributed by atoms with Gasteiger partial charge in [0, 0.05) is 25.2 Å². The van der Waals surface area contributed by atoms with Gasteiger partial charge in [0.2, 0.25) is 15.9 Å². The smallest absolute Gasteiger partial charge is 0.269 e. The van der Waals surface area contributed by atoms with E-state index in [9.17, 15) is 22.8 Å². The van der Waals surface area contributed by atoms with Crippen LogP contribution in [-0.4, -0.2) is 44.0 Å². The van der Waals surface area contributed by atoms with Crippen molar-refractivity contribution in [3.8, 4) is 0 Å². The Morgan fingerprint density at radius 1 is 0.966 bits per heavy atom. The van der Waals surface area contributed by atoms with Crippen LogP contribution in [0.2, 0.25) is 0 Å². The normalized spacial score (nSPS) is 11.0. The molecule has 10 heteroatoms. The van der Waals surface area contributed by atoms with E-state index in [-0.39, 0.29) is 10.8 Å². The van der Waals surface area contributed by atoms with Gasteiger partial charge in [-0.25, -0.2) is 8.42 Å². The van der Waals surface area contributed by atoms with Gasteiger partial charge < -0.3 is 5.32 Å². The van der Waals surface area contributed by atoms with Crippen molar-refractivity contribution in [3.05, 3.63) is 59.7 Å². The number of carbonyl (C=O) groups excluding carboxylic acids is 3.